The minimum atomic E-state index is -0.326. The van der Waals surface area contributed by atoms with Gasteiger partial charge in [-0.15, -0.1) is 0 Å². The van der Waals surface area contributed by atoms with Crippen molar-refractivity contribution in [3.8, 4) is 0 Å². The van der Waals surface area contributed by atoms with Gasteiger partial charge in [-0.2, -0.15) is 11.8 Å². The summed E-state index contributed by atoms with van der Waals surface area (Å²) in [5.41, 5.74) is 2.25. The molecular formula is C18H19ClN2O2S2. The lowest BCUT2D eigenvalue weighted by Crippen LogP contribution is -2.32. The van der Waals surface area contributed by atoms with E-state index in [1.165, 1.54) is 0 Å². The van der Waals surface area contributed by atoms with Crippen LogP contribution >= 0.6 is 35.1 Å². The molecule has 3 rings (SSSR count). The van der Waals surface area contributed by atoms with E-state index < -0.39 is 0 Å². The molecular weight excluding hydrogens is 376 g/mol. The molecule has 132 valence electrons. The number of hydrogen-bond donors (Lipinski definition) is 0. The summed E-state index contributed by atoms with van der Waals surface area (Å²) < 4.78 is 0. The van der Waals surface area contributed by atoms with E-state index in [2.05, 4.69) is 11.0 Å². The van der Waals surface area contributed by atoms with Gasteiger partial charge >= 0.3 is 0 Å². The van der Waals surface area contributed by atoms with E-state index in [-0.39, 0.29) is 10.6 Å². The molecule has 0 N–H and O–H groups in total. The number of benzene rings is 2. The van der Waals surface area contributed by atoms with Crippen LogP contribution < -0.4 is 0 Å². The molecule has 1 aliphatic heterocycles. The monoisotopic (exact) mass is 394 g/mol. The van der Waals surface area contributed by atoms with E-state index in [1.54, 1.807) is 23.9 Å². The predicted octanol–water partition coefficient (Wildman–Crippen LogP) is 5.26. The van der Waals surface area contributed by atoms with Gasteiger partial charge < -0.3 is 0 Å². The lowest BCUT2D eigenvalue weighted by Gasteiger charge is -2.26. The van der Waals surface area contributed by atoms with Crippen molar-refractivity contribution in [2.75, 3.05) is 24.6 Å². The minimum Gasteiger partial charge on any atom is -0.297 e. The zero-order valence-electron chi connectivity index (χ0n) is 13.9. The lowest BCUT2D eigenvalue weighted by molar-refractivity contribution is -0.385. The minimum absolute atomic E-state index is 0.146. The van der Waals surface area contributed by atoms with Gasteiger partial charge in [-0.25, -0.2) is 0 Å². The summed E-state index contributed by atoms with van der Waals surface area (Å²) in [7, 11) is 0. The van der Waals surface area contributed by atoms with Crippen molar-refractivity contribution < 1.29 is 4.92 Å². The fraction of sp³-hybridized carbons (Fsp3) is 0.333. The Bertz CT molecular complexity index is 759. The quantitative estimate of drug-likeness (QED) is 0.511. The largest absolute Gasteiger partial charge is 0.297 e. The van der Waals surface area contributed by atoms with Crippen molar-refractivity contribution in [3.05, 3.63) is 62.7 Å². The van der Waals surface area contributed by atoms with Crippen LogP contribution in [0.25, 0.3) is 0 Å². The van der Waals surface area contributed by atoms with Gasteiger partial charge in [0.1, 0.15) is 0 Å². The van der Waals surface area contributed by atoms with Gasteiger partial charge in [0.05, 0.1) is 4.92 Å². The number of aryl methyl sites for hydroxylation is 1. The summed E-state index contributed by atoms with van der Waals surface area (Å²) in [5, 5.41) is 11.9. The van der Waals surface area contributed by atoms with Crippen molar-refractivity contribution >= 4 is 40.8 Å². The highest BCUT2D eigenvalue weighted by Crippen LogP contribution is 2.35. The topological polar surface area (TPSA) is 46.4 Å². The van der Waals surface area contributed by atoms with E-state index in [0.29, 0.717) is 5.02 Å². The molecule has 1 fully saturated rings. The second kappa shape index (κ2) is 8.45. The standard InChI is InChI=1S/C18H19ClN2O2S2/c1-13-8-15(19)11-17(9-13)25-18-3-2-16(21(22)23)10-14(18)12-20-4-6-24-7-5-20/h2-3,8-11H,4-7,12H2,1H3. The fourth-order valence-electron chi connectivity index (χ4n) is 2.79. The van der Waals surface area contributed by atoms with E-state index in [1.807, 2.05) is 36.9 Å². The maximum absolute atomic E-state index is 11.2. The summed E-state index contributed by atoms with van der Waals surface area (Å²) in [6, 6.07) is 11.1. The Hall–Kier alpha value is -1.21. The Morgan fingerprint density at radius 3 is 2.68 bits per heavy atom. The van der Waals surface area contributed by atoms with Crippen LogP contribution in [0.15, 0.2) is 46.2 Å². The number of rotatable bonds is 5. The summed E-state index contributed by atoms with van der Waals surface area (Å²) >= 11 is 9.74. The normalized spacial score (nSPS) is 15.3. The molecule has 0 saturated carbocycles. The molecule has 1 heterocycles. The fourth-order valence-corrected chi connectivity index (χ4v) is 5.20. The van der Waals surface area contributed by atoms with Crippen LogP contribution in [-0.2, 0) is 6.54 Å². The van der Waals surface area contributed by atoms with Gasteiger partial charge in [0.25, 0.3) is 5.69 Å². The van der Waals surface area contributed by atoms with Gasteiger partial charge in [-0.3, -0.25) is 15.0 Å². The zero-order valence-corrected chi connectivity index (χ0v) is 16.3. The summed E-state index contributed by atoms with van der Waals surface area (Å²) in [6.45, 7) is 4.80. The second-order valence-corrected chi connectivity index (χ2v) is 8.78. The number of hydrogen-bond acceptors (Lipinski definition) is 5. The van der Waals surface area contributed by atoms with E-state index in [0.717, 1.165) is 52.1 Å². The Morgan fingerprint density at radius 1 is 1.24 bits per heavy atom. The number of halogens is 1. The Balaban J connectivity index is 1.89. The Labute approximate surface area is 161 Å². The van der Waals surface area contributed by atoms with Crippen molar-refractivity contribution in [2.24, 2.45) is 0 Å². The zero-order chi connectivity index (χ0) is 17.8. The molecule has 25 heavy (non-hydrogen) atoms. The van der Waals surface area contributed by atoms with Crippen LogP contribution in [-0.4, -0.2) is 34.4 Å². The molecule has 0 radical (unpaired) electrons. The Kier molecular flexibility index (Phi) is 6.28. The summed E-state index contributed by atoms with van der Waals surface area (Å²) in [4.78, 5) is 15.3. The SMILES string of the molecule is Cc1cc(Cl)cc(Sc2ccc([N+](=O)[O-])cc2CN2CCSCC2)c1. The van der Waals surface area contributed by atoms with Gasteiger partial charge in [-0.05, 0) is 42.3 Å². The molecule has 1 aliphatic rings. The maximum atomic E-state index is 11.2. The molecule has 0 unspecified atom stereocenters. The van der Waals surface area contributed by atoms with Gasteiger partial charge in [0, 0.05) is 58.1 Å². The molecule has 7 heteroatoms. The van der Waals surface area contributed by atoms with Crippen molar-refractivity contribution in [1.82, 2.24) is 4.90 Å². The smallest absolute Gasteiger partial charge is 0.269 e. The average Bonchev–Trinajstić information content (AvgIpc) is 2.56. The van der Waals surface area contributed by atoms with Gasteiger partial charge in [-0.1, -0.05) is 23.4 Å². The highest BCUT2D eigenvalue weighted by Gasteiger charge is 2.17. The van der Waals surface area contributed by atoms with Crippen LogP contribution in [0.4, 0.5) is 5.69 Å². The van der Waals surface area contributed by atoms with Crippen LogP contribution in [0.1, 0.15) is 11.1 Å². The first-order valence-corrected chi connectivity index (χ1v) is 10.4. The molecule has 0 atom stereocenters. The number of nitro benzene ring substituents is 1. The van der Waals surface area contributed by atoms with E-state index >= 15 is 0 Å². The molecule has 0 spiro atoms. The molecule has 0 bridgehead atoms. The Morgan fingerprint density at radius 2 is 2.00 bits per heavy atom. The molecule has 0 aliphatic carbocycles. The van der Waals surface area contributed by atoms with Crippen LogP contribution in [0.2, 0.25) is 5.02 Å². The number of thioether (sulfide) groups is 1. The third-order valence-electron chi connectivity index (χ3n) is 4.00. The van der Waals surface area contributed by atoms with Crippen molar-refractivity contribution in [3.63, 3.8) is 0 Å². The first-order chi connectivity index (χ1) is 12.0. The van der Waals surface area contributed by atoms with Gasteiger partial charge in [0.2, 0.25) is 0 Å². The van der Waals surface area contributed by atoms with Crippen LogP contribution in [0.5, 0.6) is 0 Å². The molecule has 1 saturated heterocycles. The second-order valence-electron chi connectivity index (χ2n) is 6.00. The maximum Gasteiger partial charge on any atom is 0.269 e. The van der Waals surface area contributed by atoms with E-state index in [9.17, 15) is 10.1 Å². The highest BCUT2D eigenvalue weighted by molar-refractivity contribution is 7.99. The third kappa shape index (κ3) is 5.14. The van der Waals surface area contributed by atoms with E-state index in [4.69, 9.17) is 11.6 Å². The average molecular weight is 395 g/mol. The van der Waals surface area contributed by atoms with Crippen molar-refractivity contribution in [2.45, 2.75) is 23.3 Å². The number of nitro groups is 1. The molecule has 0 amide bonds. The third-order valence-corrected chi connectivity index (χ3v) is 6.25. The number of non-ortho nitro benzene ring substituents is 1. The van der Waals surface area contributed by atoms with Gasteiger partial charge in [0.15, 0.2) is 0 Å². The highest BCUT2D eigenvalue weighted by atomic mass is 35.5. The predicted molar refractivity (Wildman–Crippen MR) is 106 cm³/mol. The van der Waals surface area contributed by atoms with Crippen LogP contribution in [0, 0.1) is 17.0 Å². The molecule has 2 aromatic rings. The summed E-state index contributed by atoms with van der Waals surface area (Å²) in [5.74, 6) is 2.23. The molecule has 0 aromatic heterocycles. The first-order valence-electron chi connectivity index (χ1n) is 8.04. The summed E-state index contributed by atoms with van der Waals surface area (Å²) in [6.07, 6.45) is 0. The lowest BCUT2D eigenvalue weighted by atomic mass is 10.2. The van der Waals surface area contributed by atoms with Crippen molar-refractivity contribution in [1.29, 1.82) is 0 Å². The number of nitrogens with zero attached hydrogens (tertiary/aromatic N) is 2. The van der Waals surface area contributed by atoms with Crippen LogP contribution in [0.3, 0.4) is 0 Å². The molecule has 2 aromatic carbocycles. The first kappa shape index (κ1) is 18.6. The molecule has 4 nitrogen and oxygen atoms in total.